The van der Waals surface area contributed by atoms with Crippen LogP contribution in [0, 0.1) is 6.92 Å². The van der Waals surface area contributed by atoms with Gasteiger partial charge in [0.2, 0.25) is 5.91 Å². The van der Waals surface area contributed by atoms with Gasteiger partial charge in [0.15, 0.2) is 5.82 Å². The maximum atomic E-state index is 12.3. The fraction of sp³-hybridized carbons (Fsp3) is 0.167. The van der Waals surface area contributed by atoms with Crippen molar-refractivity contribution in [2.45, 2.75) is 13.5 Å². The van der Waals surface area contributed by atoms with Crippen molar-refractivity contribution in [3.05, 3.63) is 64.6 Å². The molecule has 0 spiro atoms. The molecule has 25 heavy (non-hydrogen) atoms. The van der Waals surface area contributed by atoms with Crippen LogP contribution in [0.2, 0.25) is 0 Å². The van der Waals surface area contributed by atoms with E-state index >= 15 is 0 Å². The highest BCUT2D eigenvalue weighted by Crippen LogP contribution is 2.20. The van der Waals surface area contributed by atoms with E-state index in [2.05, 4.69) is 10.5 Å². The summed E-state index contributed by atoms with van der Waals surface area (Å²) in [4.78, 5) is 24.2. The fourth-order valence-electron chi connectivity index (χ4n) is 2.40. The lowest BCUT2D eigenvalue weighted by molar-refractivity contribution is -0.116. The first-order chi connectivity index (χ1) is 12.1. The highest BCUT2D eigenvalue weighted by Gasteiger charge is 2.16. The Balaban J connectivity index is 1.83. The molecule has 7 nitrogen and oxygen atoms in total. The number of nitrogens with zero attached hydrogens (tertiary/aromatic N) is 2. The van der Waals surface area contributed by atoms with Crippen LogP contribution in [0.3, 0.4) is 0 Å². The van der Waals surface area contributed by atoms with Gasteiger partial charge in [0.1, 0.15) is 12.3 Å². The average molecular weight is 339 g/mol. The largest absolute Gasteiger partial charge is 0.497 e. The molecular formula is C18H17N3O4. The lowest BCUT2D eigenvalue weighted by Gasteiger charge is -2.09. The Bertz CT molecular complexity index is 941. The molecule has 0 bridgehead atoms. The number of ether oxygens (including phenoxy) is 1. The summed E-state index contributed by atoms with van der Waals surface area (Å²) in [6.45, 7) is 1.70. The molecule has 1 aromatic heterocycles. The second kappa shape index (κ2) is 7.04. The summed E-state index contributed by atoms with van der Waals surface area (Å²) in [6.07, 6.45) is 0. The Morgan fingerprint density at radius 3 is 2.60 bits per heavy atom. The summed E-state index contributed by atoms with van der Waals surface area (Å²) in [5, 5.41) is 6.56. The minimum atomic E-state index is -0.689. The maximum Gasteiger partial charge on any atom is 0.442 e. The van der Waals surface area contributed by atoms with E-state index in [4.69, 9.17) is 9.26 Å². The maximum absolute atomic E-state index is 12.3. The van der Waals surface area contributed by atoms with Gasteiger partial charge in [-0.25, -0.2) is 9.36 Å². The van der Waals surface area contributed by atoms with Gasteiger partial charge >= 0.3 is 5.76 Å². The van der Waals surface area contributed by atoms with Crippen LogP contribution in [0.15, 0.2) is 57.8 Å². The van der Waals surface area contributed by atoms with Gasteiger partial charge in [0.25, 0.3) is 0 Å². The second-order valence-corrected chi connectivity index (χ2v) is 5.45. The lowest BCUT2D eigenvalue weighted by Crippen LogP contribution is -2.25. The third kappa shape index (κ3) is 3.60. The number of anilines is 1. The molecule has 1 N–H and O–H groups in total. The smallest absolute Gasteiger partial charge is 0.442 e. The summed E-state index contributed by atoms with van der Waals surface area (Å²) in [5.74, 6) is -0.0638. The van der Waals surface area contributed by atoms with Gasteiger partial charge in [0, 0.05) is 11.3 Å². The van der Waals surface area contributed by atoms with Gasteiger partial charge in [-0.1, -0.05) is 23.4 Å². The molecule has 0 atom stereocenters. The van der Waals surface area contributed by atoms with E-state index < -0.39 is 5.76 Å². The number of hydrogen-bond donors (Lipinski definition) is 1. The Hall–Kier alpha value is -3.35. The number of amides is 1. The van der Waals surface area contributed by atoms with Gasteiger partial charge in [-0.15, -0.1) is 0 Å². The molecule has 0 fully saturated rings. The van der Waals surface area contributed by atoms with E-state index in [1.165, 1.54) is 4.57 Å². The van der Waals surface area contributed by atoms with Crippen molar-refractivity contribution in [3.63, 3.8) is 0 Å². The number of para-hydroxylation sites is 1. The van der Waals surface area contributed by atoms with Crippen LogP contribution in [0.25, 0.3) is 11.4 Å². The number of aromatic nitrogens is 2. The topological polar surface area (TPSA) is 86.4 Å². The van der Waals surface area contributed by atoms with Crippen molar-refractivity contribution in [1.82, 2.24) is 9.72 Å². The molecule has 3 aromatic rings. The number of carbonyl (C=O) groups is 1. The molecule has 0 saturated heterocycles. The number of methoxy groups -OCH3 is 1. The molecule has 0 saturated carbocycles. The van der Waals surface area contributed by atoms with Crippen molar-refractivity contribution in [1.29, 1.82) is 0 Å². The molecule has 128 valence electrons. The predicted octanol–water partition coefficient (Wildman–Crippen LogP) is 2.46. The molecule has 0 aliphatic carbocycles. The van der Waals surface area contributed by atoms with Crippen LogP contribution >= 0.6 is 0 Å². The third-order valence-electron chi connectivity index (χ3n) is 3.76. The molecule has 1 amide bonds. The number of hydrogen-bond acceptors (Lipinski definition) is 5. The lowest BCUT2D eigenvalue weighted by atomic mass is 10.2. The monoisotopic (exact) mass is 339 g/mol. The molecule has 0 aliphatic heterocycles. The molecule has 1 heterocycles. The van der Waals surface area contributed by atoms with Gasteiger partial charge in [-0.2, -0.15) is 0 Å². The van der Waals surface area contributed by atoms with Crippen molar-refractivity contribution < 1.29 is 14.1 Å². The number of aryl methyl sites for hydroxylation is 1. The number of carbonyl (C=O) groups excluding carboxylic acids is 1. The molecule has 7 heteroatoms. The second-order valence-electron chi connectivity index (χ2n) is 5.45. The van der Waals surface area contributed by atoms with Crippen molar-refractivity contribution in [2.75, 3.05) is 12.4 Å². The molecule has 0 radical (unpaired) electrons. The van der Waals surface area contributed by atoms with Crippen LogP contribution in [-0.4, -0.2) is 22.7 Å². The zero-order chi connectivity index (χ0) is 17.8. The highest BCUT2D eigenvalue weighted by atomic mass is 16.5. The molecule has 0 aliphatic rings. The van der Waals surface area contributed by atoms with Crippen LogP contribution in [0.5, 0.6) is 5.75 Å². The first-order valence-corrected chi connectivity index (χ1v) is 7.65. The summed E-state index contributed by atoms with van der Waals surface area (Å²) >= 11 is 0. The highest BCUT2D eigenvalue weighted by molar-refractivity contribution is 5.91. The van der Waals surface area contributed by atoms with Crippen LogP contribution in [0.4, 0.5) is 5.69 Å². The van der Waals surface area contributed by atoms with E-state index in [0.717, 1.165) is 5.56 Å². The zero-order valence-electron chi connectivity index (χ0n) is 13.9. The zero-order valence-corrected chi connectivity index (χ0v) is 13.9. The van der Waals surface area contributed by atoms with Crippen LogP contribution < -0.4 is 15.8 Å². The SMILES string of the molecule is COc1ccc(-c2noc(=O)n2CC(=O)Nc2ccccc2C)cc1. The average Bonchev–Trinajstić information content (AvgIpc) is 2.98. The van der Waals surface area contributed by atoms with Gasteiger partial charge in [-0.05, 0) is 42.8 Å². The van der Waals surface area contributed by atoms with Crippen LogP contribution in [0.1, 0.15) is 5.56 Å². The number of benzene rings is 2. The standard InChI is InChI=1S/C18H17N3O4/c1-12-5-3-4-6-15(12)19-16(22)11-21-17(20-25-18(21)23)13-7-9-14(24-2)10-8-13/h3-10H,11H2,1-2H3,(H,19,22). The van der Waals surface area contributed by atoms with E-state index in [0.29, 0.717) is 17.0 Å². The third-order valence-corrected chi connectivity index (χ3v) is 3.76. The summed E-state index contributed by atoms with van der Waals surface area (Å²) < 4.78 is 11.0. The summed E-state index contributed by atoms with van der Waals surface area (Å²) in [5.41, 5.74) is 2.28. The van der Waals surface area contributed by atoms with E-state index in [1.807, 2.05) is 25.1 Å². The summed E-state index contributed by atoms with van der Waals surface area (Å²) in [7, 11) is 1.57. The molecule has 0 unspecified atom stereocenters. The predicted molar refractivity (Wildman–Crippen MR) is 92.6 cm³/mol. The Labute approximate surface area is 143 Å². The number of rotatable bonds is 5. The fourth-order valence-corrected chi connectivity index (χ4v) is 2.40. The molecular weight excluding hydrogens is 322 g/mol. The quantitative estimate of drug-likeness (QED) is 0.772. The minimum Gasteiger partial charge on any atom is -0.497 e. The first kappa shape index (κ1) is 16.5. The van der Waals surface area contributed by atoms with E-state index in [1.54, 1.807) is 37.4 Å². The van der Waals surface area contributed by atoms with Crippen molar-refractivity contribution in [2.24, 2.45) is 0 Å². The Morgan fingerprint density at radius 2 is 1.92 bits per heavy atom. The Kier molecular flexibility index (Phi) is 4.65. The van der Waals surface area contributed by atoms with Crippen LogP contribution in [-0.2, 0) is 11.3 Å². The van der Waals surface area contributed by atoms with Crippen molar-refractivity contribution in [3.8, 4) is 17.1 Å². The van der Waals surface area contributed by atoms with Crippen molar-refractivity contribution >= 4 is 11.6 Å². The minimum absolute atomic E-state index is 0.196. The summed E-state index contributed by atoms with van der Waals surface area (Å²) in [6, 6.07) is 14.4. The molecule has 2 aromatic carbocycles. The van der Waals surface area contributed by atoms with Gasteiger partial charge in [0.05, 0.1) is 7.11 Å². The first-order valence-electron chi connectivity index (χ1n) is 7.65. The van der Waals surface area contributed by atoms with Gasteiger partial charge in [-0.3, -0.25) is 9.32 Å². The molecule has 3 rings (SSSR count). The normalized spacial score (nSPS) is 10.5. The number of nitrogens with one attached hydrogen (secondary N) is 1. The van der Waals surface area contributed by atoms with E-state index in [9.17, 15) is 9.59 Å². The van der Waals surface area contributed by atoms with E-state index in [-0.39, 0.29) is 18.3 Å². The van der Waals surface area contributed by atoms with Gasteiger partial charge < -0.3 is 10.1 Å². The Morgan fingerprint density at radius 1 is 1.20 bits per heavy atom.